The van der Waals surface area contributed by atoms with Crippen LogP contribution >= 0.6 is 0 Å². The van der Waals surface area contributed by atoms with Crippen molar-refractivity contribution >= 4 is 22.9 Å². The summed E-state index contributed by atoms with van der Waals surface area (Å²) in [5, 5.41) is 0. The third kappa shape index (κ3) is 3.75. The van der Waals surface area contributed by atoms with Gasteiger partial charge >= 0.3 is 5.69 Å². The van der Waals surface area contributed by atoms with E-state index in [1.807, 2.05) is 30.3 Å². The lowest BCUT2D eigenvalue weighted by molar-refractivity contribution is -0.124. The Kier molecular flexibility index (Phi) is 5.47. The predicted molar refractivity (Wildman–Crippen MR) is 128 cm³/mol. The van der Waals surface area contributed by atoms with Gasteiger partial charge in [0.2, 0.25) is 0 Å². The van der Waals surface area contributed by atoms with Gasteiger partial charge < -0.3 is 15.4 Å². The van der Waals surface area contributed by atoms with Crippen molar-refractivity contribution in [1.82, 2.24) is 24.0 Å². The SMILES string of the molecule is CC#CC(=O)N1CCC(n2c(=O)n(-c3ccc(Oc4ccccc4)cc3)c3c(N)ncnc32)C1. The third-order valence-electron chi connectivity index (χ3n) is 5.80. The van der Waals surface area contributed by atoms with E-state index in [1.54, 1.807) is 40.7 Å². The number of fused-ring (bicyclic) bond motifs is 1. The van der Waals surface area contributed by atoms with E-state index in [4.69, 9.17) is 10.5 Å². The van der Waals surface area contributed by atoms with E-state index in [0.29, 0.717) is 42.1 Å². The van der Waals surface area contributed by atoms with Gasteiger partial charge in [0, 0.05) is 13.1 Å². The molecule has 4 aromatic rings. The number of rotatable bonds is 4. The molecule has 0 saturated carbocycles. The minimum atomic E-state index is -0.292. The number of hydrogen-bond donors (Lipinski definition) is 1. The smallest absolute Gasteiger partial charge is 0.335 e. The minimum Gasteiger partial charge on any atom is -0.457 e. The first-order valence-electron chi connectivity index (χ1n) is 10.8. The molecule has 1 saturated heterocycles. The maximum atomic E-state index is 13.6. The first-order valence-corrected chi connectivity index (χ1v) is 10.8. The van der Waals surface area contributed by atoms with Crippen LogP contribution in [0.1, 0.15) is 19.4 Å². The summed E-state index contributed by atoms with van der Waals surface area (Å²) in [7, 11) is 0. The summed E-state index contributed by atoms with van der Waals surface area (Å²) in [6.45, 7) is 2.52. The number of para-hydroxylation sites is 1. The molecule has 1 aliphatic rings. The number of carbonyl (C=O) groups is 1. The van der Waals surface area contributed by atoms with Crippen LogP contribution in [0.4, 0.5) is 5.82 Å². The second kappa shape index (κ2) is 8.75. The van der Waals surface area contributed by atoms with Gasteiger partial charge in [-0.05, 0) is 55.7 Å². The molecule has 9 nitrogen and oxygen atoms in total. The van der Waals surface area contributed by atoms with Gasteiger partial charge in [-0.15, -0.1) is 0 Å². The highest BCUT2D eigenvalue weighted by atomic mass is 16.5. The quantitative estimate of drug-likeness (QED) is 0.475. The Morgan fingerprint density at radius 3 is 2.56 bits per heavy atom. The summed E-state index contributed by atoms with van der Waals surface area (Å²) in [6, 6.07) is 16.4. The molecule has 170 valence electrons. The van der Waals surface area contributed by atoms with Crippen molar-refractivity contribution in [2.75, 3.05) is 18.8 Å². The van der Waals surface area contributed by atoms with Gasteiger partial charge in [0.1, 0.15) is 23.3 Å². The zero-order valence-electron chi connectivity index (χ0n) is 18.5. The van der Waals surface area contributed by atoms with Gasteiger partial charge in [-0.3, -0.25) is 13.9 Å². The van der Waals surface area contributed by atoms with Crippen LogP contribution in [0.15, 0.2) is 65.7 Å². The number of nitrogens with two attached hydrogens (primary N) is 1. The van der Waals surface area contributed by atoms with Crippen LogP contribution in [0.3, 0.4) is 0 Å². The molecule has 1 atom stereocenters. The summed E-state index contributed by atoms with van der Waals surface area (Å²) in [4.78, 5) is 36.0. The number of carbonyl (C=O) groups excluding carboxylic acids is 1. The fourth-order valence-corrected chi connectivity index (χ4v) is 4.25. The van der Waals surface area contributed by atoms with Crippen LogP contribution in [-0.2, 0) is 4.79 Å². The van der Waals surface area contributed by atoms with E-state index in [2.05, 4.69) is 21.8 Å². The number of nitrogen functional groups attached to an aromatic ring is 1. The number of anilines is 1. The Bertz CT molecular complexity index is 1480. The first-order chi connectivity index (χ1) is 16.6. The monoisotopic (exact) mass is 454 g/mol. The highest BCUT2D eigenvalue weighted by molar-refractivity contribution is 5.93. The molecule has 2 aromatic heterocycles. The van der Waals surface area contributed by atoms with Crippen LogP contribution in [0.25, 0.3) is 16.9 Å². The molecule has 2 N–H and O–H groups in total. The highest BCUT2D eigenvalue weighted by Gasteiger charge is 2.31. The lowest BCUT2D eigenvalue weighted by Gasteiger charge is -2.14. The minimum absolute atomic E-state index is 0.202. The molecule has 1 aliphatic heterocycles. The zero-order chi connectivity index (χ0) is 23.7. The van der Waals surface area contributed by atoms with E-state index >= 15 is 0 Å². The topological polar surface area (TPSA) is 108 Å². The fourth-order valence-electron chi connectivity index (χ4n) is 4.25. The number of benzene rings is 2. The van der Waals surface area contributed by atoms with Crippen LogP contribution < -0.4 is 16.2 Å². The maximum absolute atomic E-state index is 13.6. The van der Waals surface area contributed by atoms with Crippen molar-refractivity contribution in [3.05, 3.63) is 71.4 Å². The first kappa shape index (κ1) is 21.3. The Morgan fingerprint density at radius 1 is 1.09 bits per heavy atom. The molecule has 0 aliphatic carbocycles. The number of amides is 1. The summed E-state index contributed by atoms with van der Waals surface area (Å²) in [5.41, 5.74) is 7.37. The molecular formula is C25H22N6O3. The average molecular weight is 454 g/mol. The lowest BCUT2D eigenvalue weighted by atomic mass is 10.2. The van der Waals surface area contributed by atoms with Gasteiger partial charge in [0.05, 0.1) is 11.7 Å². The van der Waals surface area contributed by atoms with E-state index < -0.39 is 0 Å². The van der Waals surface area contributed by atoms with Gasteiger partial charge in [-0.2, -0.15) is 0 Å². The Morgan fingerprint density at radius 2 is 1.82 bits per heavy atom. The van der Waals surface area contributed by atoms with Crippen molar-refractivity contribution < 1.29 is 9.53 Å². The number of ether oxygens (including phenoxy) is 1. The second-order valence-electron chi connectivity index (χ2n) is 7.90. The Labute approximate surface area is 195 Å². The van der Waals surface area contributed by atoms with Gasteiger partial charge in [-0.25, -0.2) is 14.8 Å². The van der Waals surface area contributed by atoms with Crippen molar-refractivity contribution in [2.45, 2.75) is 19.4 Å². The lowest BCUT2D eigenvalue weighted by Crippen LogP contribution is -2.31. The second-order valence-corrected chi connectivity index (χ2v) is 7.90. The van der Waals surface area contributed by atoms with E-state index in [0.717, 1.165) is 5.75 Å². The number of nitrogens with zero attached hydrogens (tertiary/aromatic N) is 5. The molecule has 0 bridgehead atoms. The van der Waals surface area contributed by atoms with E-state index in [9.17, 15) is 9.59 Å². The summed E-state index contributed by atoms with van der Waals surface area (Å²) in [6.07, 6.45) is 1.96. The summed E-state index contributed by atoms with van der Waals surface area (Å²) < 4.78 is 8.97. The van der Waals surface area contributed by atoms with Gasteiger partial charge in [0.15, 0.2) is 11.5 Å². The van der Waals surface area contributed by atoms with Crippen molar-refractivity contribution in [2.24, 2.45) is 0 Å². The van der Waals surface area contributed by atoms with Crippen molar-refractivity contribution in [1.29, 1.82) is 0 Å². The van der Waals surface area contributed by atoms with Crippen molar-refractivity contribution in [3.63, 3.8) is 0 Å². The molecule has 3 heterocycles. The maximum Gasteiger partial charge on any atom is 0.335 e. The van der Waals surface area contributed by atoms with Gasteiger partial charge in [-0.1, -0.05) is 24.1 Å². The predicted octanol–water partition coefficient (Wildman–Crippen LogP) is 2.75. The Hall–Kier alpha value is -4.58. The molecule has 1 amide bonds. The fraction of sp³-hybridized carbons (Fsp3) is 0.200. The number of hydrogen-bond acceptors (Lipinski definition) is 6. The highest BCUT2D eigenvalue weighted by Crippen LogP contribution is 2.28. The normalized spacial score (nSPS) is 15.2. The van der Waals surface area contributed by atoms with Crippen LogP contribution in [0.2, 0.25) is 0 Å². The summed E-state index contributed by atoms with van der Waals surface area (Å²) >= 11 is 0. The van der Waals surface area contributed by atoms with E-state index in [-0.39, 0.29) is 23.5 Å². The molecule has 1 unspecified atom stereocenters. The molecule has 2 aromatic carbocycles. The number of aromatic nitrogens is 4. The van der Waals surface area contributed by atoms with Crippen LogP contribution in [-0.4, -0.2) is 43.0 Å². The van der Waals surface area contributed by atoms with Crippen LogP contribution in [0, 0.1) is 11.8 Å². The molecule has 34 heavy (non-hydrogen) atoms. The molecule has 0 radical (unpaired) electrons. The zero-order valence-corrected chi connectivity index (χ0v) is 18.5. The average Bonchev–Trinajstić information content (AvgIpc) is 3.43. The molecule has 5 rings (SSSR count). The van der Waals surface area contributed by atoms with E-state index in [1.165, 1.54) is 10.9 Å². The molecule has 0 spiro atoms. The largest absolute Gasteiger partial charge is 0.457 e. The van der Waals surface area contributed by atoms with Gasteiger partial charge in [0.25, 0.3) is 5.91 Å². The Balaban J connectivity index is 1.54. The molecular weight excluding hydrogens is 432 g/mol. The molecule has 9 heteroatoms. The number of imidazole rings is 1. The standard InChI is InChI=1S/C25H22N6O3/c1-2-6-21(32)29-14-13-18(15-29)31-24-22(23(26)27-16-28-24)30(25(31)33)17-9-11-20(12-10-17)34-19-7-4-3-5-8-19/h3-5,7-12,16,18H,13-15H2,1H3,(H2,26,27,28). The summed E-state index contributed by atoms with van der Waals surface area (Å²) in [5.74, 6) is 6.50. The van der Waals surface area contributed by atoms with Crippen molar-refractivity contribution in [3.8, 4) is 29.0 Å². The third-order valence-corrected chi connectivity index (χ3v) is 5.80. The number of likely N-dealkylation sites (tertiary alicyclic amines) is 1. The van der Waals surface area contributed by atoms with Crippen LogP contribution in [0.5, 0.6) is 11.5 Å². The molecule has 1 fully saturated rings.